The normalized spacial score (nSPS) is 26.6. The maximum atomic E-state index is 3.44. The standard InChI is InChI=1S/C13H26N2.ClH/c1-13(2)6-10-15(11-13)9-5-12-3-7-14-8-4-12;/h12,14H,3-11H2,1-2H3;1H. The van der Waals surface area contributed by atoms with E-state index in [2.05, 4.69) is 24.1 Å². The van der Waals surface area contributed by atoms with Crippen molar-refractivity contribution in [2.45, 2.75) is 39.5 Å². The summed E-state index contributed by atoms with van der Waals surface area (Å²) in [6, 6.07) is 0. The highest BCUT2D eigenvalue weighted by molar-refractivity contribution is 5.85. The predicted molar refractivity (Wildman–Crippen MR) is 72.3 cm³/mol. The molecule has 2 aliphatic heterocycles. The summed E-state index contributed by atoms with van der Waals surface area (Å²) in [5, 5.41) is 3.44. The lowest BCUT2D eigenvalue weighted by atomic mass is 9.93. The first-order valence-electron chi connectivity index (χ1n) is 6.59. The predicted octanol–water partition coefficient (Wildman–Crippen LogP) is 2.53. The summed E-state index contributed by atoms with van der Waals surface area (Å²) in [6.07, 6.45) is 5.62. The molecule has 2 fully saturated rings. The molecule has 0 aliphatic carbocycles. The molecule has 0 saturated carbocycles. The van der Waals surface area contributed by atoms with E-state index in [-0.39, 0.29) is 12.4 Å². The van der Waals surface area contributed by atoms with Crippen molar-refractivity contribution in [2.75, 3.05) is 32.7 Å². The second-order valence-electron chi connectivity index (χ2n) is 6.17. The molecule has 0 radical (unpaired) electrons. The molecule has 0 aromatic rings. The van der Waals surface area contributed by atoms with E-state index in [4.69, 9.17) is 0 Å². The number of rotatable bonds is 3. The van der Waals surface area contributed by atoms with Gasteiger partial charge in [-0.3, -0.25) is 0 Å². The lowest BCUT2D eigenvalue weighted by Crippen LogP contribution is -2.31. The monoisotopic (exact) mass is 246 g/mol. The number of nitrogens with zero attached hydrogens (tertiary/aromatic N) is 1. The molecular weight excluding hydrogens is 220 g/mol. The van der Waals surface area contributed by atoms with Gasteiger partial charge < -0.3 is 10.2 Å². The molecule has 96 valence electrons. The first kappa shape index (κ1) is 14.3. The highest BCUT2D eigenvalue weighted by Gasteiger charge is 2.29. The van der Waals surface area contributed by atoms with Crippen LogP contribution in [0, 0.1) is 11.3 Å². The molecule has 0 amide bonds. The summed E-state index contributed by atoms with van der Waals surface area (Å²) in [4.78, 5) is 2.67. The van der Waals surface area contributed by atoms with E-state index in [1.807, 2.05) is 0 Å². The van der Waals surface area contributed by atoms with Crippen LogP contribution in [0.3, 0.4) is 0 Å². The van der Waals surface area contributed by atoms with Crippen LogP contribution in [-0.2, 0) is 0 Å². The fourth-order valence-corrected chi connectivity index (χ4v) is 2.95. The maximum Gasteiger partial charge on any atom is 0.00332 e. The number of nitrogens with one attached hydrogen (secondary N) is 1. The third-order valence-corrected chi connectivity index (χ3v) is 4.07. The first-order chi connectivity index (χ1) is 7.16. The highest BCUT2D eigenvalue weighted by Crippen LogP contribution is 2.29. The zero-order valence-electron chi connectivity index (χ0n) is 10.8. The Labute approximate surface area is 107 Å². The topological polar surface area (TPSA) is 15.3 Å². The van der Waals surface area contributed by atoms with Gasteiger partial charge in [-0.25, -0.2) is 0 Å². The zero-order valence-corrected chi connectivity index (χ0v) is 11.6. The van der Waals surface area contributed by atoms with Crippen LogP contribution in [0.15, 0.2) is 0 Å². The van der Waals surface area contributed by atoms with Gasteiger partial charge in [0, 0.05) is 6.54 Å². The minimum Gasteiger partial charge on any atom is -0.317 e. The van der Waals surface area contributed by atoms with Gasteiger partial charge in [-0.2, -0.15) is 0 Å². The number of hydrogen-bond acceptors (Lipinski definition) is 2. The van der Waals surface area contributed by atoms with E-state index in [9.17, 15) is 0 Å². The van der Waals surface area contributed by atoms with Crippen LogP contribution in [0.4, 0.5) is 0 Å². The first-order valence-corrected chi connectivity index (χ1v) is 6.59. The minimum atomic E-state index is 0. The molecule has 16 heavy (non-hydrogen) atoms. The van der Waals surface area contributed by atoms with Gasteiger partial charge in [0.1, 0.15) is 0 Å². The second kappa shape index (κ2) is 6.23. The molecule has 2 nitrogen and oxygen atoms in total. The number of halogens is 1. The van der Waals surface area contributed by atoms with Gasteiger partial charge in [0.15, 0.2) is 0 Å². The Morgan fingerprint density at radius 1 is 1.25 bits per heavy atom. The molecule has 2 rings (SSSR count). The average molecular weight is 247 g/mol. The van der Waals surface area contributed by atoms with E-state index in [1.54, 1.807) is 0 Å². The SMILES string of the molecule is CC1(C)CCN(CCC2CCNCC2)C1.Cl. The summed E-state index contributed by atoms with van der Waals surface area (Å²) >= 11 is 0. The van der Waals surface area contributed by atoms with E-state index in [0.717, 1.165) is 5.92 Å². The fourth-order valence-electron chi connectivity index (χ4n) is 2.95. The van der Waals surface area contributed by atoms with Crippen molar-refractivity contribution < 1.29 is 0 Å². The molecule has 2 aliphatic rings. The molecule has 0 aromatic carbocycles. The number of likely N-dealkylation sites (tertiary alicyclic amines) is 1. The third-order valence-electron chi connectivity index (χ3n) is 4.07. The summed E-state index contributed by atoms with van der Waals surface area (Å²) in [6.45, 7) is 11.3. The van der Waals surface area contributed by atoms with Crippen molar-refractivity contribution in [3.63, 3.8) is 0 Å². The Morgan fingerprint density at radius 3 is 2.50 bits per heavy atom. The summed E-state index contributed by atoms with van der Waals surface area (Å²) in [5.74, 6) is 0.995. The van der Waals surface area contributed by atoms with Gasteiger partial charge >= 0.3 is 0 Å². The molecular formula is C13H27ClN2. The van der Waals surface area contributed by atoms with Crippen LogP contribution in [0.1, 0.15) is 39.5 Å². The van der Waals surface area contributed by atoms with Gasteiger partial charge in [-0.15, -0.1) is 12.4 Å². The summed E-state index contributed by atoms with van der Waals surface area (Å²) < 4.78 is 0. The number of hydrogen-bond donors (Lipinski definition) is 1. The zero-order chi connectivity index (χ0) is 10.7. The Hall–Kier alpha value is 0.210. The average Bonchev–Trinajstić information content (AvgIpc) is 2.57. The van der Waals surface area contributed by atoms with Gasteiger partial charge in [-0.1, -0.05) is 13.8 Å². The Kier molecular flexibility index (Phi) is 5.55. The van der Waals surface area contributed by atoms with E-state index >= 15 is 0 Å². The second-order valence-corrected chi connectivity index (χ2v) is 6.17. The van der Waals surface area contributed by atoms with Gasteiger partial charge in [0.25, 0.3) is 0 Å². The van der Waals surface area contributed by atoms with Crippen LogP contribution >= 0.6 is 12.4 Å². The van der Waals surface area contributed by atoms with Crippen molar-refractivity contribution in [1.29, 1.82) is 0 Å². The van der Waals surface area contributed by atoms with E-state index in [0.29, 0.717) is 5.41 Å². The molecule has 0 atom stereocenters. The van der Waals surface area contributed by atoms with Crippen LogP contribution in [0.2, 0.25) is 0 Å². The molecule has 2 heterocycles. The van der Waals surface area contributed by atoms with Crippen molar-refractivity contribution in [2.24, 2.45) is 11.3 Å². The Morgan fingerprint density at radius 2 is 1.94 bits per heavy atom. The van der Waals surface area contributed by atoms with E-state index in [1.165, 1.54) is 58.4 Å². The molecule has 3 heteroatoms. The Balaban J connectivity index is 0.00000128. The molecule has 0 spiro atoms. The Bertz CT molecular complexity index is 200. The smallest absolute Gasteiger partial charge is 0.00332 e. The largest absolute Gasteiger partial charge is 0.317 e. The van der Waals surface area contributed by atoms with Crippen LogP contribution in [0.25, 0.3) is 0 Å². The van der Waals surface area contributed by atoms with Crippen molar-refractivity contribution in [1.82, 2.24) is 10.2 Å². The lowest BCUT2D eigenvalue weighted by Gasteiger charge is -2.25. The van der Waals surface area contributed by atoms with Crippen molar-refractivity contribution in [3.8, 4) is 0 Å². The van der Waals surface area contributed by atoms with Crippen LogP contribution in [-0.4, -0.2) is 37.6 Å². The molecule has 1 N–H and O–H groups in total. The molecule has 2 saturated heterocycles. The molecule has 0 bridgehead atoms. The van der Waals surface area contributed by atoms with Gasteiger partial charge in [0.05, 0.1) is 0 Å². The lowest BCUT2D eigenvalue weighted by molar-refractivity contribution is 0.250. The van der Waals surface area contributed by atoms with Crippen molar-refractivity contribution >= 4 is 12.4 Å². The minimum absolute atomic E-state index is 0. The fraction of sp³-hybridized carbons (Fsp3) is 1.00. The van der Waals surface area contributed by atoms with Gasteiger partial charge in [-0.05, 0) is 63.2 Å². The van der Waals surface area contributed by atoms with Crippen LogP contribution in [0.5, 0.6) is 0 Å². The van der Waals surface area contributed by atoms with E-state index < -0.39 is 0 Å². The third kappa shape index (κ3) is 4.23. The number of piperidine rings is 1. The summed E-state index contributed by atoms with van der Waals surface area (Å²) in [5.41, 5.74) is 0.578. The quantitative estimate of drug-likeness (QED) is 0.824. The summed E-state index contributed by atoms with van der Waals surface area (Å²) in [7, 11) is 0. The molecule has 0 aromatic heterocycles. The van der Waals surface area contributed by atoms with Crippen LogP contribution < -0.4 is 5.32 Å². The van der Waals surface area contributed by atoms with Crippen molar-refractivity contribution in [3.05, 3.63) is 0 Å². The van der Waals surface area contributed by atoms with Gasteiger partial charge in [0.2, 0.25) is 0 Å². The molecule has 0 unspecified atom stereocenters. The maximum absolute atomic E-state index is 3.44. The highest BCUT2D eigenvalue weighted by atomic mass is 35.5.